The van der Waals surface area contributed by atoms with E-state index in [0.717, 1.165) is 22.9 Å². The summed E-state index contributed by atoms with van der Waals surface area (Å²) in [6.45, 7) is 4.36. The number of hydrazine groups is 1. The van der Waals surface area contributed by atoms with Crippen molar-refractivity contribution < 1.29 is 4.39 Å². The Morgan fingerprint density at radius 1 is 1.37 bits per heavy atom. The van der Waals surface area contributed by atoms with Gasteiger partial charge in [0.2, 0.25) is 0 Å². The number of unbranched alkanes of at least 4 members (excludes halogenated alkanes) is 1. The van der Waals surface area contributed by atoms with Crippen LogP contribution in [0.1, 0.15) is 45.1 Å². The second kappa shape index (κ2) is 8.67. The molecule has 0 bridgehead atoms. The monoisotopic (exact) mass is 330 g/mol. The number of benzene rings is 1. The van der Waals surface area contributed by atoms with E-state index in [9.17, 15) is 4.39 Å². The Hall–Kier alpha value is -0.450. The summed E-state index contributed by atoms with van der Waals surface area (Å²) in [4.78, 5) is 0. The van der Waals surface area contributed by atoms with Gasteiger partial charge in [0.15, 0.2) is 0 Å². The molecule has 2 unspecified atom stereocenters. The number of nitrogens with one attached hydrogen (secondary N) is 1. The number of hydrogen-bond acceptors (Lipinski definition) is 2. The topological polar surface area (TPSA) is 38.0 Å². The van der Waals surface area contributed by atoms with E-state index in [4.69, 9.17) is 5.84 Å². The minimum Gasteiger partial charge on any atom is -0.271 e. The van der Waals surface area contributed by atoms with Crippen LogP contribution in [-0.4, -0.2) is 6.04 Å². The van der Waals surface area contributed by atoms with Gasteiger partial charge < -0.3 is 0 Å². The van der Waals surface area contributed by atoms with Crippen molar-refractivity contribution in [1.82, 2.24) is 5.43 Å². The molecule has 1 rings (SSSR count). The fourth-order valence-electron chi connectivity index (χ4n) is 2.44. The first-order valence-electron chi connectivity index (χ1n) is 7.02. The van der Waals surface area contributed by atoms with Gasteiger partial charge in [0.25, 0.3) is 0 Å². The molecule has 0 amide bonds. The molecule has 2 atom stereocenters. The molecule has 0 aliphatic heterocycles. The molecule has 108 valence electrons. The predicted molar refractivity (Wildman–Crippen MR) is 82.2 cm³/mol. The molecule has 4 heteroatoms. The van der Waals surface area contributed by atoms with Crippen LogP contribution in [0.25, 0.3) is 0 Å². The summed E-state index contributed by atoms with van der Waals surface area (Å²) < 4.78 is 14.6. The second-order valence-electron chi connectivity index (χ2n) is 5.02. The van der Waals surface area contributed by atoms with E-state index in [1.165, 1.54) is 18.9 Å². The first-order chi connectivity index (χ1) is 9.12. The molecule has 0 spiro atoms. The van der Waals surface area contributed by atoms with Crippen LogP contribution in [0.4, 0.5) is 4.39 Å². The van der Waals surface area contributed by atoms with Crippen LogP contribution < -0.4 is 11.3 Å². The third kappa shape index (κ3) is 5.21. The molecule has 0 aliphatic carbocycles. The van der Waals surface area contributed by atoms with E-state index >= 15 is 0 Å². The van der Waals surface area contributed by atoms with Gasteiger partial charge in [-0.1, -0.05) is 55.1 Å². The lowest BCUT2D eigenvalue weighted by Gasteiger charge is -2.26. The van der Waals surface area contributed by atoms with Crippen LogP contribution in [0.5, 0.6) is 0 Å². The molecular weight excluding hydrogens is 307 g/mol. The molecule has 1 aromatic rings. The van der Waals surface area contributed by atoms with Crippen molar-refractivity contribution in [2.45, 2.75) is 52.0 Å². The maximum atomic E-state index is 13.9. The van der Waals surface area contributed by atoms with Gasteiger partial charge in [0, 0.05) is 10.5 Å². The summed E-state index contributed by atoms with van der Waals surface area (Å²) in [6, 6.07) is 5.35. The van der Waals surface area contributed by atoms with Crippen molar-refractivity contribution >= 4 is 15.9 Å². The number of hydrogen-bond donors (Lipinski definition) is 2. The Morgan fingerprint density at radius 3 is 2.63 bits per heavy atom. The molecule has 19 heavy (non-hydrogen) atoms. The Kier molecular flexibility index (Phi) is 7.57. The molecule has 0 fully saturated rings. The first kappa shape index (κ1) is 16.6. The molecule has 0 radical (unpaired) electrons. The van der Waals surface area contributed by atoms with E-state index in [-0.39, 0.29) is 11.9 Å². The molecular formula is C15H24BrFN2. The summed E-state index contributed by atoms with van der Waals surface area (Å²) in [6.07, 6.45) is 5.21. The van der Waals surface area contributed by atoms with Crippen molar-refractivity contribution in [3.63, 3.8) is 0 Å². The van der Waals surface area contributed by atoms with E-state index in [2.05, 4.69) is 35.2 Å². The average molecular weight is 331 g/mol. The third-order valence-corrected chi connectivity index (χ3v) is 4.18. The summed E-state index contributed by atoms with van der Waals surface area (Å²) in [5, 5.41) is 0. The van der Waals surface area contributed by atoms with E-state index in [1.54, 1.807) is 0 Å². The Morgan fingerprint density at radius 2 is 2.11 bits per heavy atom. The zero-order valence-corrected chi connectivity index (χ0v) is 13.3. The van der Waals surface area contributed by atoms with Crippen molar-refractivity contribution in [2.24, 2.45) is 11.8 Å². The highest BCUT2D eigenvalue weighted by atomic mass is 79.9. The van der Waals surface area contributed by atoms with E-state index in [1.807, 2.05) is 12.1 Å². The van der Waals surface area contributed by atoms with Gasteiger partial charge in [-0.15, -0.1) is 0 Å². The average Bonchev–Trinajstić information content (AvgIpc) is 2.40. The Balaban J connectivity index is 2.73. The largest absolute Gasteiger partial charge is 0.271 e. The van der Waals surface area contributed by atoms with Crippen LogP contribution in [0, 0.1) is 11.7 Å². The van der Waals surface area contributed by atoms with E-state index in [0.29, 0.717) is 12.3 Å². The van der Waals surface area contributed by atoms with Crippen molar-refractivity contribution in [1.29, 1.82) is 0 Å². The Bertz CT molecular complexity index is 384. The zero-order chi connectivity index (χ0) is 14.3. The zero-order valence-electron chi connectivity index (χ0n) is 11.8. The van der Waals surface area contributed by atoms with Gasteiger partial charge in [-0.2, -0.15) is 0 Å². The lowest BCUT2D eigenvalue weighted by Crippen LogP contribution is -2.42. The third-order valence-electron chi connectivity index (χ3n) is 3.69. The predicted octanol–water partition coefficient (Wildman–Crippen LogP) is 4.18. The summed E-state index contributed by atoms with van der Waals surface area (Å²) in [5.74, 6) is 5.99. The van der Waals surface area contributed by atoms with Gasteiger partial charge >= 0.3 is 0 Å². The van der Waals surface area contributed by atoms with Gasteiger partial charge in [-0.05, 0) is 36.5 Å². The highest BCUT2D eigenvalue weighted by molar-refractivity contribution is 9.10. The van der Waals surface area contributed by atoms with Crippen molar-refractivity contribution in [3.8, 4) is 0 Å². The standard InChI is InChI=1S/C15H24BrFN2/c1-3-5-6-11(4-2)15(19-18)9-12-7-8-13(16)10-14(12)17/h7-8,10-11,15,19H,3-6,9,18H2,1-2H3. The molecule has 0 saturated heterocycles. The minimum absolute atomic E-state index is 0.132. The number of nitrogens with two attached hydrogens (primary N) is 1. The highest BCUT2D eigenvalue weighted by Crippen LogP contribution is 2.22. The smallest absolute Gasteiger partial charge is 0.127 e. The highest BCUT2D eigenvalue weighted by Gasteiger charge is 2.20. The lowest BCUT2D eigenvalue weighted by molar-refractivity contribution is 0.316. The second-order valence-corrected chi connectivity index (χ2v) is 5.94. The summed E-state index contributed by atoms with van der Waals surface area (Å²) in [7, 11) is 0. The maximum Gasteiger partial charge on any atom is 0.127 e. The quantitative estimate of drug-likeness (QED) is 0.554. The lowest BCUT2D eigenvalue weighted by atomic mass is 9.88. The van der Waals surface area contributed by atoms with Crippen LogP contribution in [0.3, 0.4) is 0 Å². The number of rotatable bonds is 8. The fraction of sp³-hybridized carbons (Fsp3) is 0.600. The molecule has 0 aromatic heterocycles. The maximum absolute atomic E-state index is 13.9. The van der Waals surface area contributed by atoms with Crippen molar-refractivity contribution in [2.75, 3.05) is 0 Å². The van der Waals surface area contributed by atoms with Gasteiger partial charge in [-0.3, -0.25) is 11.3 Å². The molecule has 0 saturated carbocycles. The SMILES string of the molecule is CCCCC(CC)C(Cc1ccc(Br)cc1F)NN. The van der Waals surface area contributed by atoms with E-state index < -0.39 is 0 Å². The van der Waals surface area contributed by atoms with Crippen LogP contribution in [0.15, 0.2) is 22.7 Å². The minimum atomic E-state index is -0.167. The van der Waals surface area contributed by atoms with Gasteiger partial charge in [0.05, 0.1) is 0 Å². The Labute approximate surface area is 124 Å². The molecule has 0 aliphatic rings. The van der Waals surface area contributed by atoms with Crippen LogP contribution in [0.2, 0.25) is 0 Å². The molecule has 3 N–H and O–H groups in total. The normalized spacial score (nSPS) is 14.4. The number of halogens is 2. The first-order valence-corrected chi connectivity index (χ1v) is 7.81. The fourth-order valence-corrected chi connectivity index (χ4v) is 2.78. The molecule has 2 nitrogen and oxygen atoms in total. The van der Waals surface area contributed by atoms with Gasteiger partial charge in [-0.25, -0.2) is 4.39 Å². The van der Waals surface area contributed by atoms with Crippen molar-refractivity contribution in [3.05, 3.63) is 34.1 Å². The van der Waals surface area contributed by atoms with Crippen LogP contribution in [-0.2, 0) is 6.42 Å². The molecule has 1 aromatic carbocycles. The summed E-state index contributed by atoms with van der Waals surface area (Å²) >= 11 is 3.28. The van der Waals surface area contributed by atoms with Crippen LogP contribution >= 0.6 is 15.9 Å². The van der Waals surface area contributed by atoms with Gasteiger partial charge in [0.1, 0.15) is 5.82 Å². The summed E-state index contributed by atoms with van der Waals surface area (Å²) in [5.41, 5.74) is 3.60. The molecule has 0 heterocycles.